The Morgan fingerprint density at radius 3 is 1.44 bits per heavy atom. The van der Waals surface area contributed by atoms with Gasteiger partial charge in [-0.2, -0.15) is 15.0 Å². The Labute approximate surface area is 374 Å². The van der Waals surface area contributed by atoms with Crippen LogP contribution in [0.15, 0.2) is 164 Å². The summed E-state index contributed by atoms with van der Waals surface area (Å²) >= 11 is 0. The molecule has 4 aromatic heterocycles. The third kappa shape index (κ3) is 7.81. The first-order chi connectivity index (χ1) is 29.4. The van der Waals surface area contributed by atoms with Crippen molar-refractivity contribution in [3.8, 4) is 34.5 Å². The van der Waals surface area contributed by atoms with E-state index in [2.05, 4.69) is 135 Å². The van der Waals surface area contributed by atoms with Crippen LogP contribution >= 0.6 is 0 Å². The molecule has 0 aliphatic carbocycles. The molecule has 62 heavy (non-hydrogen) atoms. The Morgan fingerprint density at radius 1 is 0.565 bits per heavy atom. The van der Waals surface area contributed by atoms with Crippen molar-refractivity contribution in [3.63, 3.8) is 0 Å². The number of rotatable bonds is 5. The fourth-order valence-corrected chi connectivity index (χ4v) is 7.58. The first-order valence-corrected chi connectivity index (χ1v) is 20.4. The largest absolute Gasteiger partial charge is 0.512 e. The summed E-state index contributed by atoms with van der Waals surface area (Å²) < 4.78 is 4.31. The van der Waals surface area contributed by atoms with Crippen molar-refractivity contribution < 1.29 is 30.0 Å². The van der Waals surface area contributed by atoms with Crippen LogP contribution in [0.3, 0.4) is 0 Å². The number of allylic oxidation sites excluding steroid dienone is 2. The summed E-state index contributed by atoms with van der Waals surface area (Å²) in [5, 5.41) is 16.1. The molecule has 6 aromatic carbocycles. The van der Waals surface area contributed by atoms with E-state index >= 15 is 0 Å². The van der Waals surface area contributed by atoms with E-state index in [4.69, 9.17) is 15.0 Å². The van der Waals surface area contributed by atoms with Gasteiger partial charge in [-0.05, 0) is 35.9 Å². The fraction of sp³-hybridized carbons (Fsp3) is 0.151. The van der Waals surface area contributed by atoms with Gasteiger partial charge in [0, 0.05) is 70.4 Å². The zero-order valence-electron chi connectivity index (χ0n) is 35.4. The number of benzene rings is 6. The summed E-state index contributed by atoms with van der Waals surface area (Å²) in [6.07, 6.45) is 3.14. The van der Waals surface area contributed by atoms with Crippen molar-refractivity contribution in [2.75, 3.05) is 0 Å². The zero-order chi connectivity index (χ0) is 42.5. The molecule has 0 fully saturated rings. The second-order valence-electron chi connectivity index (χ2n) is 17.2. The van der Waals surface area contributed by atoms with Crippen LogP contribution in [0.2, 0.25) is 0 Å². The molecule has 1 N–H and O–H groups in total. The number of para-hydroxylation sites is 4. The number of nitrogens with zero attached hydrogens (tertiary/aromatic N) is 6. The number of ketones is 1. The van der Waals surface area contributed by atoms with Gasteiger partial charge < -0.3 is 5.11 Å². The summed E-state index contributed by atoms with van der Waals surface area (Å²) in [7, 11) is 0. The molecule has 309 valence electrons. The Balaban J connectivity index is 0.000000331. The molecule has 0 bridgehead atoms. The number of fused-ring (bicyclic) bond motifs is 7. The third-order valence-electron chi connectivity index (χ3n) is 10.9. The summed E-state index contributed by atoms with van der Waals surface area (Å²) in [5.41, 5.74) is 5.96. The predicted octanol–water partition coefficient (Wildman–Crippen LogP) is 12.8. The normalized spacial score (nSPS) is 12.1. The Morgan fingerprint density at radius 2 is 1.00 bits per heavy atom. The molecule has 10 rings (SSSR count). The molecule has 0 unspecified atom stereocenters. The second kappa shape index (κ2) is 16.6. The Kier molecular flexibility index (Phi) is 11.2. The van der Waals surface area contributed by atoms with Crippen molar-refractivity contribution in [3.05, 3.63) is 170 Å². The van der Waals surface area contributed by atoms with Gasteiger partial charge in [0.05, 0.1) is 22.1 Å². The van der Waals surface area contributed by atoms with Crippen molar-refractivity contribution in [2.24, 2.45) is 10.8 Å². The van der Waals surface area contributed by atoms with Gasteiger partial charge in [0.1, 0.15) is 5.76 Å². The van der Waals surface area contributed by atoms with Crippen LogP contribution in [0.5, 0.6) is 0 Å². The van der Waals surface area contributed by atoms with Gasteiger partial charge in [-0.1, -0.05) is 156 Å². The minimum atomic E-state index is -0.417. The van der Waals surface area contributed by atoms with Gasteiger partial charge in [0.15, 0.2) is 11.6 Å². The average Bonchev–Trinajstić information content (AvgIpc) is 3.79. The van der Waals surface area contributed by atoms with Crippen LogP contribution in [-0.4, -0.2) is 40.0 Å². The number of aromatic nitrogens is 6. The van der Waals surface area contributed by atoms with E-state index in [0.29, 0.717) is 17.7 Å². The standard InChI is InChI=1S/C42H25N6.C11H20O2.Ir/c1-2-14-29-27(13-1)25-28(35-19-11-12-24-43-35)26-34(29)40-44-41(47-36-20-7-3-15-30(36)31-16-4-8-21-37(31)47)46-42(45-40)48-38-22-9-5-17-32(38)33-18-6-10-23-39(33)48;1-10(2,3)8(12)7-9(13)11(4,5)6;/h1-24,26H;7,12H,1-6H3;/q-1;;. The topological polar surface area (TPSA) is 98.7 Å². The van der Waals surface area contributed by atoms with E-state index in [1.54, 1.807) is 0 Å². The van der Waals surface area contributed by atoms with Gasteiger partial charge in [-0.3, -0.25) is 18.9 Å². The molecule has 0 amide bonds. The molecule has 0 atom stereocenters. The number of carbonyl (C=O) groups excluding carboxylic acids is 1. The van der Waals surface area contributed by atoms with E-state index in [0.717, 1.165) is 71.2 Å². The monoisotopic (exact) mass is 990 g/mol. The van der Waals surface area contributed by atoms with Crippen LogP contribution in [0.25, 0.3) is 88.9 Å². The van der Waals surface area contributed by atoms with Crippen molar-refractivity contribution in [1.29, 1.82) is 0 Å². The van der Waals surface area contributed by atoms with Crippen LogP contribution in [0, 0.1) is 16.9 Å². The number of aliphatic hydroxyl groups excluding tert-OH is 1. The molecule has 8 nitrogen and oxygen atoms in total. The van der Waals surface area contributed by atoms with E-state index in [1.165, 1.54) is 6.08 Å². The van der Waals surface area contributed by atoms with E-state index in [-0.39, 0.29) is 37.1 Å². The molecule has 9 heteroatoms. The van der Waals surface area contributed by atoms with Gasteiger partial charge in [-0.25, -0.2) is 0 Å². The number of pyridine rings is 1. The van der Waals surface area contributed by atoms with Crippen molar-refractivity contribution in [2.45, 2.75) is 41.5 Å². The number of aliphatic hydroxyl groups is 1. The number of hydrogen-bond acceptors (Lipinski definition) is 6. The summed E-state index contributed by atoms with van der Waals surface area (Å²) in [6.45, 7) is 11.1. The van der Waals surface area contributed by atoms with Gasteiger partial charge in [0.2, 0.25) is 11.9 Å². The molecule has 1 radical (unpaired) electrons. The molecule has 10 aromatic rings. The van der Waals surface area contributed by atoms with Crippen molar-refractivity contribution >= 4 is 60.2 Å². The maximum absolute atomic E-state index is 11.5. The molecule has 0 saturated heterocycles. The third-order valence-corrected chi connectivity index (χ3v) is 10.9. The molecule has 0 aliphatic heterocycles. The van der Waals surface area contributed by atoms with Crippen LogP contribution in [-0.2, 0) is 24.9 Å². The quantitative estimate of drug-likeness (QED) is 0.105. The van der Waals surface area contributed by atoms with Crippen molar-refractivity contribution in [1.82, 2.24) is 29.1 Å². The Bertz CT molecular complexity index is 3080. The van der Waals surface area contributed by atoms with Gasteiger partial charge in [-0.15, -0.1) is 23.6 Å². The fourth-order valence-electron chi connectivity index (χ4n) is 7.58. The maximum Gasteiger partial charge on any atom is 0.240 e. The first kappa shape index (κ1) is 41.9. The van der Waals surface area contributed by atoms with Crippen LogP contribution < -0.4 is 0 Å². The molecule has 0 spiro atoms. The molecule has 0 saturated carbocycles. The van der Waals surface area contributed by atoms with Crippen LogP contribution in [0.4, 0.5) is 0 Å². The number of carbonyl (C=O) groups is 1. The first-order valence-electron chi connectivity index (χ1n) is 20.4. The number of hydrogen-bond donors (Lipinski definition) is 1. The summed E-state index contributed by atoms with van der Waals surface area (Å²) in [4.78, 5) is 32.0. The zero-order valence-corrected chi connectivity index (χ0v) is 37.8. The summed E-state index contributed by atoms with van der Waals surface area (Å²) in [5.74, 6) is 1.77. The molecular weight excluding hydrogens is 945 g/mol. The van der Waals surface area contributed by atoms with Gasteiger partial charge >= 0.3 is 0 Å². The smallest absolute Gasteiger partial charge is 0.240 e. The molecule has 4 heterocycles. The minimum Gasteiger partial charge on any atom is -0.512 e. The predicted molar refractivity (Wildman–Crippen MR) is 248 cm³/mol. The molecular formula is C53H45IrN6O2-. The maximum atomic E-state index is 11.5. The van der Waals surface area contributed by atoms with E-state index in [1.807, 2.05) is 78.1 Å². The molecule has 0 aliphatic rings. The van der Waals surface area contributed by atoms with E-state index in [9.17, 15) is 9.90 Å². The van der Waals surface area contributed by atoms with E-state index < -0.39 is 5.41 Å². The minimum absolute atomic E-state index is 0. The van der Waals surface area contributed by atoms with Gasteiger partial charge in [0.25, 0.3) is 0 Å². The summed E-state index contributed by atoms with van der Waals surface area (Å²) in [6, 6.07) is 53.6. The Hall–Kier alpha value is -6.80. The van der Waals surface area contributed by atoms with Crippen LogP contribution in [0.1, 0.15) is 41.5 Å². The SMILES string of the molecule is CC(C)(C)C(=O)C=C(O)C(C)(C)C.[Ir].[c-]1c(-c2ccccn2)cc(-c2nc(-n3c4ccccc4c4ccccc43)nc(-n3c4ccccc4c4ccccc43)n2)c2ccccc12. The second-order valence-corrected chi connectivity index (χ2v) is 17.2. The average molecular weight is 990 g/mol.